The van der Waals surface area contributed by atoms with Gasteiger partial charge in [-0.05, 0) is 40.5 Å². The van der Waals surface area contributed by atoms with Gasteiger partial charge in [-0.2, -0.15) is 23.4 Å². The number of carbonyl (C=O) groups is 1. The molecule has 0 spiro atoms. The van der Waals surface area contributed by atoms with Gasteiger partial charge in [0.1, 0.15) is 6.54 Å². The average Bonchev–Trinajstić information content (AvgIpc) is 3.16. The summed E-state index contributed by atoms with van der Waals surface area (Å²) in [5, 5.41) is 10.9. The normalized spacial score (nSPS) is 11.6. The van der Waals surface area contributed by atoms with E-state index in [0.717, 1.165) is 10.2 Å². The van der Waals surface area contributed by atoms with Crippen molar-refractivity contribution in [3.8, 4) is 0 Å². The molecule has 3 aromatic rings. The van der Waals surface area contributed by atoms with Crippen LogP contribution in [0.2, 0.25) is 5.02 Å². The van der Waals surface area contributed by atoms with Crippen molar-refractivity contribution >= 4 is 39.1 Å². The van der Waals surface area contributed by atoms with E-state index < -0.39 is 17.8 Å². The second kappa shape index (κ2) is 7.96. The van der Waals surface area contributed by atoms with Crippen molar-refractivity contribution in [3.05, 3.63) is 63.1 Å². The Morgan fingerprint density at radius 2 is 1.96 bits per heavy atom. The summed E-state index contributed by atoms with van der Waals surface area (Å²) in [6, 6.07) is 7.25. The number of hydrogen-bond donors (Lipinski definition) is 1. The lowest BCUT2D eigenvalue weighted by Crippen LogP contribution is -2.20. The molecule has 1 aromatic carbocycles. The Morgan fingerprint density at radius 1 is 1.29 bits per heavy atom. The van der Waals surface area contributed by atoms with Gasteiger partial charge in [0.15, 0.2) is 5.69 Å². The standard InChI is InChI=1S/C17H14BrClF3N5O/c1-10-15(18)16(17(20,21)22)25-27(10)9-14(28)24-13-6-23-26(8-13)7-11-2-4-12(19)5-3-11/h2-6,8H,7,9H2,1H3,(H,24,28). The third-order valence-corrected chi connectivity index (χ3v) is 5.07. The Kier molecular flexibility index (Phi) is 5.80. The Hall–Kier alpha value is -2.33. The SMILES string of the molecule is Cc1c(Br)c(C(F)(F)F)nn1CC(=O)Nc1cnn(Cc2ccc(Cl)cc2)c1. The minimum Gasteiger partial charge on any atom is -0.322 e. The first-order chi connectivity index (χ1) is 13.1. The van der Waals surface area contributed by atoms with E-state index in [1.807, 2.05) is 12.1 Å². The Morgan fingerprint density at radius 3 is 2.57 bits per heavy atom. The summed E-state index contributed by atoms with van der Waals surface area (Å²) < 4.78 is 41.2. The molecule has 28 heavy (non-hydrogen) atoms. The van der Waals surface area contributed by atoms with Gasteiger partial charge in [-0.15, -0.1) is 0 Å². The largest absolute Gasteiger partial charge is 0.436 e. The van der Waals surface area contributed by atoms with E-state index in [1.54, 1.807) is 23.0 Å². The summed E-state index contributed by atoms with van der Waals surface area (Å²) in [6.07, 6.45) is -1.52. The number of carbonyl (C=O) groups excluding carboxylic acids is 1. The highest BCUT2D eigenvalue weighted by Gasteiger charge is 2.38. The molecule has 0 bridgehead atoms. The van der Waals surface area contributed by atoms with E-state index in [-0.39, 0.29) is 16.7 Å². The highest BCUT2D eigenvalue weighted by molar-refractivity contribution is 9.10. The van der Waals surface area contributed by atoms with Crippen LogP contribution in [0.3, 0.4) is 0 Å². The fourth-order valence-corrected chi connectivity index (χ4v) is 3.12. The van der Waals surface area contributed by atoms with E-state index in [1.165, 1.54) is 13.1 Å². The molecule has 0 saturated carbocycles. The summed E-state index contributed by atoms with van der Waals surface area (Å²) in [5.41, 5.74) is 0.551. The summed E-state index contributed by atoms with van der Waals surface area (Å²) in [7, 11) is 0. The second-order valence-electron chi connectivity index (χ2n) is 6.00. The van der Waals surface area contributed by atoms with E-state index >= 15 is 0 Å². The zero-order chi connectivity index (χ0) is 20.5. The van der Waals surface area contributed by atoms with Gasteiger partial charge < -0.3 is 5.32 Å². The molecule has 0 atom stereocenters. The van der Waals surface area contributed by atoms with Crippen molar-refractivity contribution in [2.75, 3.05) is 5.32 Å². The number of nitrogens with one attached hydrogen (secondary N) is 1. The minimum absolute atomic E-state index is 0.177. The number of amides is 1. The van der Waals surface area contributed by atoms with Gasteiger partial charge in [-0.3, -0.25) is 14.2 Å². The van der Waals surface area contributed by atoms with Crippen LogP contribution in [0.25, 0.3) is 0 Å². The van der Waals surface area contributed by atoms with Crippen LogP contribution in [0, 0.1) is 6.92 Å². The molecule has 0 unspecified atom stereocenters. The molecule has 0 radical (unpaired) electrons. The Balaban J connectivity index is 1.64. The summed E-state index contributed by atoms with van der Waals surface area (Å²) in [6.45, 7) is 1.57. The molecule has 6 nitrogen and oxygen atoms in total. The summed E-state index contributed by atoms with van der Waals surface area (Å²) in [4.78, 5) is 12.2. The average molecular weight is 477 g/mol. The molecule has 2 heterocycles. The zero-order valence-electron chi connectivity index (χ0n) is 14.5. The number of halogens is 5. The van der Waals surface area contributed by atoms with Crippen LogP contribution in [0.15, 0.2) is 41.1 Å². The first-order valence-corrected chi connectivity index (χ1v) is 9.17. The molecule has 148 valence electrons. The van der Waals surface area contributed by atoms with Gasteiger partial charge in [0.25, 0.3) is 0 Å². The number of nitrogens with zero attached hydrogens (tertiary/aromatic N) is 4. The lowest BCUT2D eigenvalue weighted by Gasteiger charge is -2.05. The molecule has 0 fully saturated rings. The fourth-order valence-electron chi connectivity index (χ4n) is 2.49. The molecule has 0 aliphatic carbocycles. The molecule has 0 aliphatic heterocycles. The van der Waals surface area contributed by atoms with Crippen LogP contribution in [-0.4, -0.2) is 25.5 Å². The molecular weight excluding hydrogens is 463 g/mol. The maximum Gasteiger partial charge on any atom is 0.436 e. The summed E-state index contributed by atoms with van der Waals surface area (Å²) >= 11 is 8.72. The van der Waals surface area contributed by atoms with Gasteiger partial charge in [0.05, 0.1) is 28.6 Å². The third kappa shape index (κ3) is 4.74. The quantitative estimate of drug-likeness (QED) is 0.589. The van der Waals surface area contributed by atoms with Crippen molar-refractivity contribution in [2.24, 2.45) is 0 Å². The number of rotatable bonds is 5. The topological polar surface area (TPSA) is 64.7 Å². The number of alkyl halides is 3. The first-order valence-electron chi connectivity index (χ1n) is 8.00. The fraction of sp³-hybridized carbons (Fsp3) is 0.235. The smallest absolute Gasteiger partial charge is 0.322 e. The van der Waals surface area contributed by atoms with Crippen molar-refractivity contribution in [3.63, 3.8) is 0 Å². The van der Waals surface area contributed by atoms with Crippen molar-refractivity contribution in [1.29, 1.82) is 0 Å². The highest BCUT2D eigenvalue weighted by Crippen LogP contribution is 2.35. The van der Waals surface area contributed by atoms with Gasteiger partial charge in [-0.25, -0.2) is 0 Å². The number of aromatic nitrogens is 4. The second-order valence-corrected chi connectivity index (χ2v) is 7.23. The lowest BCUT2D eigenvalue weighted by molar-refractivity contribution is -0.142. The number of benzene rings is 1. The first kappa shape index (κ1) is 20.4. The molecule has 2 aromatic heterocycles. The Labute approximate surface area is 171 Å². The van der Waals surface area contributed by atoms with Gasteiger partial charge in [-0.1, -0.05) is 23.7 Å². The van der Waals surface area contributed by atoms with Gasteiger partial charge in [0, 0.05) is 11.2 Å². The van der Waals surface area contributed by atoms with Gasteiger partial charge >= 0.3 is 6.18 Å². The van der Waals surface area contributed by atoms with Crippen molar-refractivity contribution in [1.82, 2.24) is 19.6 Å². The maximum absolute atomic E-state index is 12.9. The van der Waals surface area contributed by atoms with E-state index in [2.05, 4.69) is 31.4 Å². The van der Waals surface area contributed by atoms with Crippen LogP contribution in [0.4, 0.5) is 18.9 Å². The van der Waals surface area contributed by atoms with Crippen molar-refractivity contribution < 1.29 is 18.0 Å². The highest BCUT2D eigenvalue weighted by atomic mass is 79.9. The summed E-state index contributed by atoms with van der Waals surface area (Å²) in [5.74, 6) is -0.516. The van der Waals surface area contributed by atoms with E-state index in [4.69, 9.17) is 11.6 Å². The lowest BCUT2D eigenvalue weighted by atomic mass is 10.2. The van der Waals surface area contributed by atoms with Gasteiger partial charge in [0.2, 0.25) is 5.91 Å². The van der Waals surface area contributed by atoms with Crippen LogP contribution in [0.1, 0.15) is 17.0 Å². The predicted octanol–water partition coefficient (Wildman–Crippen LogP) is 4.51. The monoisotopic (exact) mass is 475 g/mol. The molecule has 0 saturated heterocycles. The van der Waals surface area contributed by atoms with Crippen LogP contribution in [0.5, 0.6) is 0 Å². The van der Waals surface area contributed by atoms with Crippen molar-refractivity contribution in [2.45, 2.75) is 26.2 Å². The van der Waals surface area contributed by atoms with E-state index in [0.29, 0.717) is 17.3 Å². The molecule has 11 heteroatoms. The van der Waals surface area contributed by atoms with Crippen LogP contribution >= 0.6 is 27.5 Å². The third-order valence-electron chi connectivity index (χ3n) is 3.87. The molecular formula is C17H14BrClF3N5O. The Bertz CT molecular complexity index is 997. The van der Waals surface area contributed by atoms with E-state index in [9.17, 15) is 18.0 Å². The maximum atomic E-state index is 12.9. The molecule has 1 N–H and O–H groups in total. The number of hydrogen-bond acceptors (Lipinski definition) is 3. The molecule has 0 aliphatic rings. The van der Waals surface area contributed by atoms with Crippen LogP contribution in [-0.2, 0) is 24.1 Å². The molecule has 3 rings (SSSR count). The minimum atomic E-state index is -4.60. The molecule has 1 amide bonds. The zero-order valence-corrected chi connectivity index (χ0v) is 16.8. The number of anilines is 1. The van der Waals surface area contributed by atoms with Crippen LogP contribution < -0.4 is 5.32 Å². The predicted molar refractivity (Wildman–Crippen MR) is 101 cm³/mol.